The third-order valence-corrected chi connectivity index (χ3v) is 17.3. The first-order chi connectivity index (χ1) is 55.8. The molecule has 3 aromatic carbocycles. The fourth-order valence-corrected chi connectivity index (χ4v) is 12.1. The fraction of sp³-hybridized carbons (Fsp3) is 0.667. The van der Waals surface area contributed by atoms with E-state index in [9.17, 15) is 33.9 Å². The van der Waals surface area contributed by atoms with Gasteiger partial charge in [0.1, 0.15) is 94.3 Å². The summed E-state index contributed by atoms with van der Waals surface area (Å²) in [6.45, 7) is 47.3. The summed E-state index contributed by atoms with van der Waals surface area (Å²) in [7, 11) is 0. The predicted molar refractivity (Wildman–Crippen MR) is 464 cm³/mol. The van der Waals surface area contributed by atoms with Crippen molar-refractivity contribution in [2.75, 3.05) is 19.8 Å². The number of unbranched alkanes of at least 4 members (excludes halogenated alkanes) is 1. The van der Waals surface area contributed by atoms with Crippen molar-refractivity contribution in [3.8, 4) is 11.5 Å². The lowest BCUT2D eigenvalue weighted by molar-refractivity contribution is -0.157. The topological polar surface area (TPSA) is 445 Å². The van der Waals surface area contributed by atoms with Gasteiger partial charge in [-0.2, -0.15) is 0 Å². The largest absolute Gasteiger partial charge is 0.488 e. The van der Waals surface area contributed by atoms with Crippen LogP contribution in [0.15, 0.2) is 78.9 Å². The standard InChI is InChI=1S/C90H145N11O21/c1-53(2)46-66(81(112)113)98-73(104)62(48-57-37-41-59(42-38-57)119-87(17,18)19)94-72(103)61(36-32-33-45-92-82(114)122-90(26,27)28)93-77(108)67(51-115-83(5,6)7)99-74(105)63(49-58-39-43-60(44-40-58)120-88(20,21)22)95-75(106)65(50-69(102)121-89(23,24)25)96-78(109)68(52-116-84(8,9)10)100-80(111)71(55(4)118-86(14,15)16)101-76(107)64(47-56-34-30-29-31-35-56)97-79(110)70(91)54(3)117-85(11,12)13/h29-31,34-35,37-44,53-55,61-68,70-71H,32-33,36,45-52,91H2,1-28H3,(H,92,114)(H,93,108)(H,94,103)(H,95,106)(H,96,109)(H,97,110)(H,98,104)(H,99,105)(H,100,111)(H,101,107)(H,112,113)/t54-,55-,61+,62+,63+,64+,65+,66+,67+,68+,70+,71+/m1/s1. The summed E-state index contributed by atoms with van der Waals surface area (Å²) in [5.41, 5.74) is 1.22. The van der Waals surface area contributed by atoms with Crippen LogP contribution in [0.3, 0.4) is 0 Å². The van der Waals surface area contributed by atoms with Gasteiger partial charge < -0.3 is 102 Å². The Hall–Kier alpha value is -9.50. The number of alkyl carbamates (subject to hydrolysis) is 1. The van der Waals surface area contributed by atoms with Crippen LogP contribution in [0.25, 0.3) is 0 Å². The van der Waals surface area contributed by atoms with Crippen LogP contribution in [-0.2, 0) is 100 Å². The van der Waals surface area contributed by atoms with Gasteiger partial charge in [0.05, 0.1) is 54.2 Å². The number of carboxylic acids is 1. The Balaban J connectivity index is 2.31. The van der Waals surface area contributed by atoms with Gasteiger partial charge in [-0.25, -0.2) is 9.59 Å². The molecule has 0 bridgehead atoms. The van der Waals surface area contributed by atoms with Gasteiger partial charge in [-0.05, 0) is 253 Å². The van der Waals surface area contributed by atoms with Crippen molar-refractivity contribution in [3.05, 3.63) is 95.6 Å². The average Bonchev–Trinajstić information content (AvgIpc) is 0.836. The van der Waals surface area contributed by atoms with E-state index < -0.39 is 208 Å². The van der Waals surface area contributed by atoms with Gasteiger partial charge in [0, 0.05) is 25.8 Å². The molecule has 3 rings (SSSR count). The van der Waals surface area contributed by atoms with Crippen LogP contribution in [0.2, 0.25) is 0 Å². The second-order valence-corrected chi connectivity index (χ2v) is 39.2. The number of rotatable bonds is 44. The Labute approximate surface area is 722 Å². The van der Waals surface area contributed by atoms with Crippen molar-refractivity contribution in [1.82, 2.24) is 53.2 Å². The van der Waals surface area contributed by atoms with E-state index >= 15 is 28.8 Å². The number of carboxylic acid groups (broad SMARTS) is 1. The molecule has 32 nitrogen and oxygen atoms in total. The highest BCUT2D eigenvalue weighted by Gasteiger charge is 2.41. The number of amides is 10. The molecule has 0 unspecified atom stereocenters. The summed E-state index contributed by atoms with van der Waals surface area (Å²) in [4.78, 5) is 175. The van der Waals surface area contributed by atoms with Gasteiger partial charge in [0.2, 0.25) is 53.2 Å². The monoisotopic (exact) mass is 1720 g/mol. The van der Waals surface area contributed by atoms with Crippen molar-refractivity contribution in [1.29, 1.82) is 0 Å². The SMILES string of the molecule is CC(C)C[C@H](NC(=O)[C@H](Cc1ccc(OC(C)(C)C)cc1)NC(=O)[C@H](CCCCNC(=O)OC(C)(C)C)NC(=O)[C@H](COC(C)(C)C)NC(=O)[C@H](Cc1ccc(OC(C)(C)C)cc1)NC(=O)[C@H](CC(=O)OC(C)(C)C)NC(=O)[C@H](COC(C)(C)C)NC(=O)[C@@H](NC(=O)[C@H](Cc1ccccc1)NC(=O)[C@@H](N)[C@@H](C)OC(C)(C)C)[C@@H](C)OC(C)(C)C)C(=O)O. The number of nitrogens with one attached hydrogen (secondary N) is 10. The number of carbonyl (C=O) groups excluding carboxylic acids is 11. The van der Waals surface area contributed by atoms with Gasteiger partial charge in [-0.15, -0.1) is 0 Å². The van der Waals surface area contributed by atoms with E-state index in [-0.39, 0.29) is 57.4 Å². The van der Waals surface area contributed by atoms with Crippen LogP contribution in [0.1, 0.15) is 243 Å². The highest BCUT2D eigenvalue weighted by molar-refractivity contribution is 6.00. The van der Waals surface area contributed by atoms with Crippen LogP contribution in [-0.4, -0.2) is 213 Å². The molecule has 0 fully saturated rings. The van der Waals surface area contributed by atoms with E-state index in [0.717, 1.165) is 0 Å². The predicted octanol–water partition coefficient (Wildman–Crippen LogP) is 8.35. The third kappa shape index (κ3) is 44.5. The highest BCUT2D eigenvalue weighted by Crippen LogP contribution is 2.24. The van der Waals surface area contributed by atoms with Gasteiger partial charge >= 0.3 is 18.0 Å². The molecule has 686 valence electrons. The Kier molecular flexibility index (Phi) is 41.0. The summed E-state index contributed by atoms with van der Waals surface area (Å²) >= 11 is 0. The molecule has 13 N–H and O–H groups in total. The van der Waals surface area contributed by atoms with Gasteiger partial charge in [-0.3, -0.25) is 47.9 Å². The van der Waals surface area contributed by atoms with Gasteiger partial charge in [0.15, 0.2) is 0 Å². The number of ether oxygens (including phenoxy) is 8. The molecule has 0 heterocycles. The number of esters is 1. The van der Waals surface area contributed by atoms with Crippen molar-refractivity contribution in [2.45, 2.75) is 363 Å². The Morgan fingerprint density at radius 1 is 0.361 bits per heavy atom. The number of nitrogens with two attached hydrogens (primary N) is 1. The Bertz CT molecular complexity index is 3900. The second kappa shape index (κ2) is 46.8. The number of aliphatic carboxylic acids is 1. The molecule has 10 amide bonds. The minimum atomic E-state index is -1.94. The fourth-order valence-electron chi connectivity index (χ4n) is 12.1. The first kappa shape index (κ1) is 107. The molecule has 0 aliphatic carbocycles. The van der Waals surface area contributed by atoms with E-state index in [0.29, 0.717) is 28.2 Å². The maximum atomic E-state index is 15.6. The summed E-state index contributed by atoms with van der Waals surface area (Å²) in [5, 5.41) is 37.3. The summed E-state index contributed by atoms with van der Waals surface area (Å²) in [6, 6.07) is 6.36. The lowest BCUT2D eigenvalue weighted by Gasteiger charge is -2.33. The zero-order valence-electron chi connectivity index (χ0n) is 77.5. The molecule has 0 spiro atoms. The maximum Gasteiger partial charge on any atom is 0.407 e. The first-order valence-electron chi connectivity index (χ1n) is 42.0. The van der Waals surface area contributed by atoms with Crippen LogP contribution in [0.4, 0.5) is 4.79 Å². The number of hydrogen-bond acceptors (Lipinski definition) is 21. The van der Waals surface area contributed by atoms with Crippen molar-refractivity contribution < 1.29 is 101 Å². The van der Waals surface area contributed by atoms with Crippen LogP contribution >= 0.6 is 0 Å². The van der Waals surface area contributed by atoms with E-state index in [1.54, 1.807) is 224 Å². The highest BCUT2D eigenvalue weighted by atomic mass is 16.6. The van der Waals surface area contributed by atoms with E-state index in [1.165, 1.54) is 6.92 Å². The summed E-state index contributed by atoms with van der Waals surface area (Å²) in [6.07, 6.45) is -3.91. The first-order valence-corrected chi connectivity index (χ1v) is 42.0. The molecule has 0 aliphatic rings. The second-order valence-electron chi connectivity index (χ2n) is 39.2. The van der Waals surface area contributed by atoms with Crippen molar-refractivity contribution >= 4 is 71.2 Å². The van der Waals surface area contributed by atoms with Crippen molar-refractivity contribution in [2.24, 2.45) is 11.7 Å². The summed E-state index contributed by atoms with van der Waals surface area (Å²) < 4.78 is 48.0. The molecule has 0 saturated carbocycles. The Morgan fingerprint density at radius 3 is 1.11 bits per heavy atom. The lowest BCUT2D eigenvalue weighted by atomic mass is 10.0. The van der Waals surface area contributed by atoms with Crippen LogP contribution < -0.4 is 68.4 Å². The number of benzene rings is 3. The van der Waals surface area contributed by atoms with E-state index in [2.05, 4.69) is 53.2 Å². The number of hydrogen-bond donors (Lipinski definition) is 12. The van der Waals surface area contributed by atoms with Crippen molar-refractivity contribution in [3.63, 3.8) is 0 Å². The molecule has 0 saturated heterocycles. The smallest absolute Gasteiger partial charge is 0.407 e. The Morgan fingerprint density at radius 2 is 0.713 bits per heavy atom. The molecule has 0 aromatic heterocycles. The zero-order chi connectivity index (χ0) is 93.0. The molecule has 12 atom stereocenters. The van der Waals surface area contributed by atoms with E-state index in [4.69, 9.17) is 43.6 Å². The molecular formula is C90H145N11O21. The quantitative estimate of drug-likeness (QED) is 0.0187. The molecule has 122 heavy (non-hydrogen) atoms. The zero-order valence-corrected chi connectivity index (χ0v) is 77.5. The van der Waals surface area contributed by atoms with Crippen LogP contribution in [0.5, 0.6) is 11.5 Å². The molecular weight excluding hydrogens is 1570 g/mol. The van der Waals surface area contributed by atoms with Gasteiger partial charge in [0.25, 0.3) is 0 Å². The lowest BCUT2D eigenvalue weighted by Crippen LogP contribution is -2.63. The maximum absolute atomic E-state index is 15.6. The summed E-state index contributed by atoms with van der Waals surface area (Å²) in [5.74, 6) is -10.2. The normalized spacial score (nSPS) is 15.4. The van der Waals surface area contributed by atoms with Crippen LogP contribution in [0, 0.1) is 5.92 Å². The molecule has 3 aromatic rings. The van der Waals surface area contributed by atoms with Gasteiger partial charge in [-0.1, -0.05) is 68.4 Å². The molecule has 0 aliphatic heterocycles. The van der Waals surface area contributed by atoms with E-state index in [1.807, 2.05) is 41.5 Å². The molecule has 32 heteroatoms. The average molecular weight is 1720 g/mol. The molecule has 0 radical (unpaired) electrons. The minimum Gasteiger partial charge on any atom is -0.488 e. The number of carbonyl (C=O) groups is 12. The third-order valence-electron chi connectivity index (χ3n) is 17.3. The minimum absolute atomic E-state index is 0.0390.